The highest BCUT2D eigenvalue weighted by Gasteiger charge is 2.02. The summed E-state index contributed by atoms with van der Waals surface area (Å²) in [6.07, 6.45) is 8.96. The topological polar surface area (TPSA) is 78.9 Å². The molecule has 19 heavy (non-hydrogen) atoms. The number of ketones is 1. The van der Waals surface area contributed by atoms with Crippen LogP contribution in [0, 0.1) is 0 Å². The monoisotopic (exact) mass is 261 g/mol. The van der Waals surface area contributed by atoms with E-state index < -0.39 is 0 Å². The lowest BCUT2D eigenvalue weighted by atomic mass is 10.1. The molecule has 2 aromatic rings. The van der Waals surface area contributed by atoms with E-state index in [2.05, 4.69) is 15.0 Å². The summed E-state index contributed by atoms with van der Waals surface area (Å²) in [7, 11) is 0. The molecular formula is C14H19N3O2. The van der Waals surface area contributed by atoms with Gasteiger partial charge in [0.05, 0.1) is 17.2 Å². The summed E-state index contributed by atoms with van der Waals surface area (Å²) in [6, 6.07) is 1.90. The van der Waals surface area contributed by atoms with Gasteiger partial charge in [0, 0.05) is 19.0 Å². The Bertz CT molecular complexity index is 503. The molecule has 0 spiro atoms. The molecule has 0 aromatic carbocycles. The Hall–Kier alpha value is -1.75. The van der Waals surface area contributed by atoms with Crippen molar-refractivity contribution in [3.05, 3.63) is 24.3 Å². The number of nitrogens with zero attached hydrogens (tertiary/aromatic N) is 2. The van der Waals surface area contributed by atoms with E-state index in [-0.39, 0.29) is 12.4 Å². The molecule has 2 rings (SSSR count). The van der Waals surface area contributed by atoms with Crippen molar-refractivity contribution >= 4 is 16.8 Å². The number of H-pyrrole nitrogens is 1. The lowest BCUT2D eigenvalue weighted by Gasteiger charge is -1.99. The molecule has 2 heterocycles. The fourth-order valence-corrected chi connectivity index (χ4v) is 2.08. The van der Waals surface area contributed by atoms with Crippen molar-refractivity contribution in [1.82, 2.24) is 15.0 Å². The number of Topliss-reactive ketones (excluding diaryl/α,β-unsaturated/α-hetero) is 1. The number of aryl methyl sites for hydroxylation is 1. The third-order valence-electron chi connectivity index (χ3n) is 3.13. The van der Waals surface area contributed by atoms with Crippen molar-refractivity contribution in [1.29, 1.82) is 0 Å². The van der Waals surface area contributed by atoms with Crippen LogP contribution in [0.2, 0.25) is 0 Å². The summed E-state index contributed by atoms with van der Waals surface area (Å²) >= 11 is 0. The van der Waals surface area contributed by atoms with Crippen molar-refractivity contribution in [3.8, 4) is 0 Å². The minimum atomic E-state index is -0.326. The molecular weight excluding hydrogens is 242 g/mol. The molecule has 0 radical (unpaired) electrons. The van der Waals surface area contributed by atoms with E-state index in [9.17, 15) is 4.79 Å². The molecule has 0 bridgehead atoms. The number of pyridine rings is 1. The van der Waals surface area contributed by atoms with Crippen molar-refractivity contribution in [2.24, 2.45) is 0 Å². The fraction of sp³-hybridized carbons (Fsp3) is 0.500. The molecule has 0 saturated carbocycles. The number of fused-ring (bicyclic) bond motifs is 1. The van der Waals surface area contributed by atoms with Crippen LogP contribution in [0.5, 0.6) is 0 Å². The average molecular weight is 261 g/mol. The van der Waals surface area contributed by atoms with Crippen LogP contribution in [0.1, 0.15) is 37.9 Å². The number of rotatable bonds is 8. The number of hydrogen-bond donors (Lipinski definition) is 2. The Morgan fingerprint density at radius 3 is 2.89 bits per heavy atom. The minimum Gasteiger partial charge on any atom is -0.389 e. The number of carbonyl (C=O) groups is 1. The quantitative estimate of drug-likeness (QED) is 0.712. The highest BCUT2D eigenvalue weighted by atomic mass is 16.3. The standard InChI is InChI=1S/C14H19N3O2/c18-10-11(19)5-3-1-2-4-6-14-16-12-7-8-15-9-13(12)17-14/h7-9,18H,1-6,10H2,(H,16,17). The maximum Gasteiger partial charge on any atom is 0.158 e. The first-order valence-corrected chi connectivity index (χ1v) is 6.71. The first-order valence-electron chi connectivity index (χ1n) is 6.71. The largest absolute Gasteiger partial charge is 0.389 e. The highest BCUT2D eigenvalue weighted by Crippen LogP contribution is 2.12. The van der Waals surface area contributed by atoms with E-state index in [4.69, 9.17) is 5.11 Å². The SMILES string of the molecule is O=C(CO)CCCCCCc1nc2ccncc2[nH]1. The Labute approximate surface area is 112 Å². The molecule has 2 N–H and O–H groups in total. The zero-order valence-electron chi connectivity index (χ0n) is 10.9. The lowest BCUT2D eigenvalue weighted by molar-refractivity contribution is -0.121. The maximum atomic E-state index is 10.9. The number of nitrogens with one attached hydrogen (secondary N) is 1. The van der Waals surface area contributed by atoms with Gasteiger partial charge in [0.2, 0.25) is 0 Å². The van der Waals surface area contributed by atoms with Crippen LogP contribution < -0.4 is 0 Å². The van der Waals surface area contributed by atoms with Gasteiger partial charge in [-0.2, -0.15) is 0 Å². The predicted octanol–water partition coefficient (Wildman–Crippen LogP) is 2.01. The van der Waals surface area contributed by atoms with Gasteiger partial charge in [0.15, 0.2) is 5.78 Å². The number of aliphatic hydroxyl groups is 1. The lowest BCUT2D eigenvalue weighted by Crippen LogP contribution is -2.02. The van der Waals surface area contributed by atoms with Gasteiger partial charge in [0.25, 0.3) is 0 Å². The summed E-state index contributed by atoms with van der Waals surface area (Å²) in [5, 5.41) is 8.59. The van der Waals surface area contributed by atoms with Gasteiger partial charge in [-0.25, -0.2) is 4.98 Å². The van der Waals surface area contributed by atoms with Gasteiger partial charge in [-0.3, -0.25) is 9.78 Å². The molecule has 0 amide bonds. The summed E-state index contributed by atoms with van der Waals surface area (Å²) in [5.74, 6) is 0.930. The second-order valence-corrected chi connectivity index (χ2v) is 4.69. The van der Waals surface area contributed by atoms with Gasteiger partial charge in [0.1, 0.15) is 12.4 Å². The first-order chi connectivity index (χ1) is 9.29. The highest BCUT2D eigenvalue weighted by molar-refractivity contribution is 5.79. The van der Waals surface area contributed by atoms with Gasteiger partial charge >= 0.3 is 0 Å². The van der Waals surface area contributed by atoms with E-state index in [1.807, 2.05) is 6.07 Å². The van der Waals surface area contributed by atoms with E-state index in [1.54, 1.807) is 12.4 Å². The molecule has 0 unspecified atom stereocenters. The van der Waals surface area contributed by atoms with Gasteiger partial charge in [-0.05, 0) is 18.9 Å². The Balaban J connectivity index is 1.67. The van der Waals surface area contributed by atoms with Crippen LogP contribution in [0.3, 0.4) is 0 Å². The van der Waals surface area contributed by atoms with E-state index in [0.29, 0.717) is 6.42 Å². The normalized spacial score (nSPS) is 11.0. The molecule has 0 aliphatic carbocycles. The van der Waals surface area contributed by atoms with Crippen LogP contribution in [0.25, 0.3) is 11.0 Å². The van der Waals surface area contributed by atoms with E-state index >= 15 is 0 Å². The number of imidazole rings is 1. The van der Waals surface area contributed by atoms with Gasteiger partial charge in [-0.1, -0.05) is 12.8 Å². The maximum absolute atomic E-state index is 10.9. The molecule has 0 aliphatic heterocycles. The molecule has 0 aliphatic rings. The van der Waals surface area contributed by atoms with Crippen molar-refractivity contribution in [3.63, 3.8) is 0 Å². The first kappa shape index (κ1) is 13.7. The van der Waals surface area contributed by atoms with Crippen LogP contribution >= 0.6 is 0 Å². The predicted molar refractivity (Wildman–Crippen MR) is 72.8 cm³/mol. The fourth-order valence-electron chi connectivity index (χ4n) is 2.08. The molecule has 102 valence electrons. The number of aliphatic hydroxyl groups excluding tert-OH is 1. The molecule has 0 atom stereocenters. The number of aromatic amines is 1. The molecule has 0 fully saturated rings. The van der Waals surface area contributed by atoms with Crippen molar-refractivity contribution in [2.45, 2.75) is 38.5 Å². The number of unbranched alkanes of at least 4 members (excludes halogenated alkanes) is 3. The smallest absolute Gasteiger partial charge is 0.158 e. The second-order valence-electron chi connectivity index (χ2n) is 4.69. The molecule has 0 saturated heterocycles. The van der Waals surface area contributed by atoms with Gasteiger partial charge < -0.3 is 10.1 Å². The third kappa shape index (κ3) is 4.13. The van der Waals surface area contributed by atoms with E-state index in [1.165, 1.54) is 0 Å². The van der Waals surface area contributed by atoms with Crippen LogP contribution in [-0.2, 0) is 11.2 Å². The Morgan fingerprint density at radius 2 is 2.11 bits per heavy atom. The summed E-state index contributed by atoms with van der Waals surface area (Å²) < 4.78 is 0. The number of hydrogen-bond acceptors (Lipinski definition) is 4. The molecule has 5 nitrogen and oxygen atoms in total. The van der Waals surface area contributed by atoms with Crippen LogP contribution in [0.15, 0.2) is 18.5 Å². The minimum absolute atomic E-state index is 0.0650. The summed E-state index contributed by atoms with van der Waals surface area (Å²) in [5.41, 5.74) is 1.93. The summed E-state index contributed by atoms with van der Waals surface area (Å²) in [6.45, 7) is -0.326. The van der Waals surface area contributed by atoms with Crippen molar-refractivity contribution < 1.29 is 9.90 Å². The zero-order chi connectivity index (χ0) is 13.5. The molecule has 2 aromatic heterocycles. The van der Waals surface area contributed by atoms with E-state index in [0.717, 1.165) is 49.0 Å². The van der Waals surface area contributed by atoms with Crippen molar-refractivity contribution in [2.75, 3.05) is 6.61 Å². The number of carbonyl (C=O) groups excluding carboxylic acids is 1. The Morgan fingerprint density at radius 1 is 1.26 bits per heavy atom. The third-order valence-corrected chi connectivity index (χ3v) is 3.13. The van der Waals surface area contributed by atoms with Gasteiger partial charge in [-0.15, -0.1) is 0 Å². The molecule has 5 heteroatoms. The second kappa shape index (κ2) is 6.99. The zero-order valence-corrected chi connectivity index (χ0v) is 10.9. The Kier molecular flexibility index (Phi) is 5.03. The van der Waals surface area contributed by atoms with Crippen LogP contribution in [-0.4, -0.2) is 32.4 Å². The van der Waals surface area contributed by atoms with Crippen LogP contribution in [0.4, 0.5) is 0 Å². The number of aromatic nitrogens is 3. The average Bonchev–Trinajstić information content (AvgIpc) is 2.84. The summed E-state index contributed by atoms with van der Waals surface area (Å²) in [4.78, 5) is 22.7.